The van der Waals surface area contributed by atoms with Crippen molar-refractivity contribution in [3.63, 3.8) is 0 Å². The molecule has 0 aromatic heterocycles. The minimum atomic E-state index is 0.568. The van der Waals surface area contributed by atoms with Crippen molar-refractivity contribution in [3.8, 4) is 0 Å². The molecule has 1 unspecified atom stereocenters. The van der Waals surface area contributed by atoms with Crippen LogP contribution in [0.5, 0.6) is 0 Å². The Hall–Kier alpha value is -0.521. The van der Waals surface area contributed by atoms with Gasteiger partial charge in [0.05, 0.1) is 0 Å². The normalized spacial score (nSPS) is 12.4. The third-order valence-electron chi connectivity index (χ3n) is 1.87. The Morgan fingerprint density at radius 1 is 1.38 bits per heavy atom. The van der Waals surface area contributed by atoms with Gasteiger partial charge in [0.2, 0.25) is 0 Å². The van der Waals surface area contributed by atoms with Gasteiger partial charge < -0.3 is 0 Å². The van der Waals surface area contributed by atoms with Crippen LogP contribution in [0, 0.1) is 0 Å². The summed E-state index contributed by atoms with van der Waals surface area (Å²) in [6.45, 7) is 6.13. The van der Waals surface area contributed by atoms with E-state index in [0.29, 0.717) is 19.8 Å². The standard InChI is InChI=1S/C12H16Se/c1-3-8-11(4-2)13-12-9-6-5-7-10-12/h4-7,9-11H,2-3,8H2,1H3. The van der Waals surface area contributed by atoms with Crippen LogP contribution < -0.4 is 4.46 Å². The van der Waals surface area contributed by atoms with Gasteiger partial charge in [-0.3, -0.25) is 0 Å². The molecule has 0 heterocycles. The zero-order valence-electron chi connectivity index (χ0n) is 8.07. The van der Waals surface area contributed by atoms with E-state index in [4.69, 9.17) is 0 Å². The third-order valence-corrected chi connectivity index (χ3v) is 4.54. The van der Waals surface area contributed by atoms with E-state index in [2.05, 4.69) is 49.9 Å². The quantitative estimate of drug-likeness (QED) is 0.547. The molecule has 1 aromatic rings. The van der Waals surface area contributed by atoms with Gasteiger partial charge >= 0.3 is 87.0 Å². The van der Waals surface area contributed by atoms with Crippen molar-refractivity contribution in [1.82, 2.24) is 0 Å². The first kappa shape index (κ1) is 10.6. The summed E-state index contributed by atoms with van der Waals surface area (Å²) in [5.74, 6) is 0. The summed E-state index contributed by atoms with van der Waals surface area (Å²) in [4.78, 5) is 0.708. The van der Waals surface area contributed by atoms with E-state index in [1.807, 2.05) is 0 Å². The average molecular weight is 239 g/mol. The number of rotatable bonds is 5. The molecule has 0 saturated carbocycles. The van der Waals surface area contributed by atoms with Crippen molar-refractivity contribution in [1.29, 1.82) is 0 Å². The predicted molar refractivity (Wildman–Crippen MR) is 60.7 cm³/mol. The fourth-order valence-electron chi connectivity index (χ4n) is 1.18. The van der Waals surface area contributed by atoms with Crippen molar-refractivity contribution in [2.24, 2.45) is 0 Å². The van der Waals surface area contributed by atoms with E-state index in [1.165, 1.54) is 17.3 Å². The number of benzene rings is 1. The Bertz CT molecular complexity index is 241. The molecule has 0 amide bonds. The zero-order valence-corrected chi connectivity index (χ0v) is 9.78. The van der Waals surface area contributed by atoms with E-state index in [9.17, 15) is 0 Å². The van der Waals surface area contributed by atoms with Crippen LogP contribution in [0.2, 0.25) is 4.82 Å². The Kier molecular flexibility index (Phi) is 4.88. The van der Waals surface area contributed by atoms with Crippen LogP contribution in [-0.2, 0) is 0 Å². The van der Waals surface area contributed by atoms with Crippen molar-refractivity contribution < 1.29 is 0 Å². The molecule has 0 saturated heterocycles. The van der Waals surface area contributed by atoms with Crippen molar-refractivity contribution in [2.45, 2.75) is 24.6 Å². The Balaban J connectivity index is 2.51. The third kappa shape index (κ3) is 3.80. The van der Waals surface area contributed by atoms with Gasteiger partial charge in [0.15, 0.2) is 0 Å². The summed E-state index contributed by atoms with van der Waals surface area (Å²) in [6.07, 6.45) is 4.64. The molecule has 0 spiro atoms. The Morgan fingerprint density at radius 2 is 2.08 bits per heavy atom. The molecule has 0 fully saturated rings. The second-order valence-electron chi connectivity index (χ2n) is 2.99. The molecule has 0 N–H and O–H groups in total. The SMILES string of the molecule is C=CC(CCC)[Se]c1ccccc1. The van der Waals surface area contributed by atoms with Gasteiger partial charge in [-0.15, -0.1) is 0 Å². The summed E-state index contributed by atoms with van der Waals surface area (Å²) in [7, 11) is 0. The summed E-state index contributed by atoms with van der Waals surface area (Å²) in [5, 5.41) is 0. The Labute approximate surface area is 87.2 Å². The van der Waals surface area contributed by atoms with Gasteiger partial charge in [-0.25, -0.2) is 0 Å². The fourth-order valence-corrected chi connectivity index (χ4v) is 3.52. The predicted octanol–water partition coefficient (Wildman–Crippen LogP) is 2.79. The molecule has 1 atom stereocenters. The van der Waals surface area contributed by atoms with E-state index in [-0.39, 0.29) is 0 Å². The topological polar surface area (TPSA) is 0 Å². The van der Waals surface area contributed by atoms with Crippen molar-refractivity contribution in [3.05, 3.63) is 43.0 Å². The van der Waals surface area contributed by atoms with E-state index >= 15 is 0 Å². The van der Waals surface area contributed by atoms with Crippen molar-refractivity contribution >= 4 is 19.4 Å². The number of hydrogen-bond acceptors (Lipinski definition) is 0. The van der Waals surface area contributed by atoms with Crippen LogP contribution in [0.15, 0.2) is 43.0 Å². The van der Waals surface area contributed by atoms with E-state index < -0.39 is 0 Å². The van der Waals surface area contributed by atoms with Gasteiger partial charge in [0, 0.05) is 0 Å². The van der Waals surface area contributed by atoms with Gasteiger partial charge in [-0.05, 0) is 0 Å². The molecule has 0 radical (unpaired) electrons. The molecular formula is C12H16Se. The van der Waals surface area contributed by atoms with E-state index in [0.717, 1.165) is 0 Å². The molecule has 70 valence electrons. The molecule has 1 heteroatoms. The zero-order chi connectivity index (χ0) is 9.52. The minimum absolute atomic E-state index is 0.568. The van der Waals surface area contributed by atoms with Crippen LogP contribution >= 0.6 is 0 Å². The molecular weight excluding hydrogens is 223 g/mol. The van der Waals surface area contributed by atoms with Crippen LogP contribution in [0.3, 0.4) is 0 Å². The summed E-state index contributed by atoms with van der Waals surface area (Å²) < 4.78 is 1.48. The van der Waals surface area contributed by atoms with Crippen molar-refractivity contribution in [2.75, 3.05) is 0 Å². The fraction of sp³-hybridized carbons (Fsp3) is 0.333. The second kappa shape index (κ2) is 6.01. The molecule has 1 aromatic carbocycles. The van der Waals surface area contributed by atoms with Crippen LogP contribution in [0.25, 0.3) is 0 Å². The van der Waals surface area contributed by atoms with Crippen LogP contribution in [0.1, 0.15) is 19.8 Å². The van der Waals surface area contributed by atoms with E-state index in [1.54, 1.807) is 0 Å². The van der Waals surface area contributed by atoms with Crippen LogP contribution in [-0.4, -0.2) is 15.0 Å². The van der Waals surface area contributed by atoms with Gasteiger partial charge in [0.25, 0.3) is 0 Å². The maximum atomic E-state index is 3.89. The first-order valence-corrected chi connectivity index (χ1v) is 6.55. The first-order chi connectivity index (χ1) is 6.36. The molecule has 1 rings (SSSR count). The summed E-state index contributed by atoms with van der Waals surface area (Å²) in [6, 6.07) is 10.7. The first-order valence-electron chi connectivity index (χ1n) is 4.71. The molecule has 0 aliphatic rings. The molecule has 0 bridgehead atoms. The Morgan fingerprint density at radius 3 is 2.62 bits per heavy atom. The maximum absolute atomic E-state index is 3.89. The average Bonchev–Trinajstić information content (AvgIpc) is 2.19. The monoisotopic (exact) mass is 240 g/mol. The molecule has 0 aliphatic carbocycles. The van der Waals surface area contributed by atoms with Gasteiger partial charge in [-0.1, -0.05) is 0 Å². The summed E-state index contributed by atoms with van der Waals surface area (Å²) in [5.41, 5.74) is 0. The van der Waals surface area contributed by atoms with Gasteiger partial charge in [0.1, 0.15) is 0 Å². The number of hydrogen-bond donors (Lipinski definition) is 0. The molecule has 0 aliphatic heterocycles. The molecule has 0 nitrogen and oxygen atoms in total. The number of allylic oxidation sites excluding steroid dienone is 1. The second-order valence-corrected chi connectivity index (χ2v) is 5.75. The summed E-state index contributed by atoms with van der Waals surface area (Å²) >= 11 is 0.568. The van der Waals surface area contributed by atoms with Gasteiger partial charge in [-0.2, -0.15) is 0 Å². The van der Waals surface area contributed by atoms with Crippen LogP contribution in [0.4, 0.5) is 0 Å². The molecule has 13 heavy (non-hydrogen) atoms.